The summed E-state index contributed by atoms with van der Waals surface area (Å²) in [7, 11) is 0. The van der Waals surface area contributed by atoms with Crippen LogP contribution in [0.2, 0.25) is 0 Å². The van der Waals surface area contributed by atoms with Gasteiger partial charge in [-0.25, -0.2) is 4.79 Å². The molecule has 0 radical (unpaired) electrons. The number of nitrogens with two attached hydrogens (primary N) is 1. The van der Waals surface area contributed by atoms with Crippen LogP contribution in [0.1, 0.15) is 36.5 Å². The van der Waals surface area contributed by atoms with E-state index in [9.17, 15) is 27.6 Å². The van der Waals surface area contributed by atoms with E-state index in [-0.39, 0.29) is 57.1 Å². The van der Waals surface area contributed by atoms with Crippen LogP contribution in [-0.2, 0) is 33.5 Å². The summed E-state index contributed by atoms with van der Waals surface area (Å²) >= 11 is 0. The first-order valence-electron chi connectivity index (χ1n) is 12.0. The maximum absolute atomic E-state index is 13.4. The Bertz CT molecular complexity index is 1100. The zero-order chi connectivity index (χ0) is 27.1. The number of carbonyl (C=O) groups excluding carboxylic acids is 3. The Hall–Kier alpha value is -3.60. The lowest BCUT2D eigenvalue weighted by Crippen LogP contribution is -2.53. The van der Waals surface area contributed by atoms with Crippen LogP contribution in [0.4, 0.5) is 23.7 Å². The number of ether oxygens (including phenoxy) is 1. The van der Waals surface area contributed by atoms with Crippen LogP contribution >= 0.6 is 0 Å². The zero-order valence-corrected chi connectivity index (χ0v) is 20.6. The van der Waals surface area contributed by atoms with E-state index < -0.39 is 29.2 Å². The Morgan fingerprint density at radius 3 is 2.30 bits per heavy atom. The van der Waals surface area contributed by atoms with E-state index in [1.807, 2.05) is 19.1 Å². The summed E-state index contributed by atoms with van der Waals surface area (Å²) in [6.45, 7) is 1.58. The minimum absolute atomic E-state index is 0.0802. The number of alkyl halides is 3. The number of rotatable bonds is 8. The molecule has 1 aliphatic rings. The Morgan fingerprint density at radius 1 is 1.05 bits per heavy atom. The van der Waals surface area contributed by atoms with Crippen molar-refractivity contribution in [2.45, 2.75) is 38.9 Å². The fourth-order valence-electron chi connectivity index (χ4n) is 4.25. The number of benzene rings is 2. The van der Waals surface area contributed by atoms with E-state index in [0.29, 0.717) is 5.69 Å². The standard InChI is InChI=1S/C26H31F3N4O4/c1-2-18-7-9-20(10-8-18)32-24(36)37-17-25(11-13-33(14-12-25)22(34)15-30)23(35)31-16-19-5-3-4-6-21(19)26(27,28)29/h3-10H,2,11-17,30H2,1H3,(H,31,35)(H,32,36). The predicted molar refractivity (Wildman–Crippen MR) is 131 cm³/mol. The third-order valence-corrected chi connectivity index (χ3v) is 6.58. The topological polar surface area (TPSA) is 114 Å². The van der Waals surface area contributed by atoms with Crippen LogP contribution in [0.3, 0.4) is 0 Å². The van der Waals surface area contributed by atoms with Gasteiger partial charge < -0.3 is 20.7 Å². The number of carbonyl (C=O) groups is 3. The molecule has 2 aromatic carbocycles. The quantitative estimate of drug-likeness (QED) is 0.491. The fraction of sp³-hybridized carbons (Fsp3) is 0.423. The lowest BCUT2D eigenvalue weighted by atomic mass is 9.78. The largest absolute Gasteiger partial charge is 0.448 e. The number of halogens is 3. The first-order chi connectivity index (χ1) is 17.6. The average molecular weight is 521 g/mol. The highest BCUT2D eigenvalue weighted by Gasteiger charge is 2.43. The van der Waals surface area contributed by atoms with Crippen molar-refractivity contribution in [3.63, 3.8) is 0 Å². The van der Waals surface area contributed by atoms with Gasteiger partial charge in [0, 0.05) is 25.3 Å². The van der Waals surface area contributed by atoms with Crippen LogP contribution in [0.5, 0.6) is 0 Å². The molecule has 0 atom stereocenters. The summed E-state index contributed by atoms with van der Waals surface area (Å²) in [6.07, 6.45) is -4.17. The number of nitrogens with zero attached hydrogens (tertiary/aromatic N) is 1. The lowest BCUT2D eigenvalue weighted by Gasteiger charge is -2.40. The van der Waals surface area contributed by atoms with E-state index in [0.717, 1.165) is 18.1 Å². The van der Waals surface area contributed by atoms with Crippen molar-refractivity contribution in [3.8, 4) is 0 Å². The molecule has 0 aromatic heterocycles. The van der Waals surface area contributed by atoms with E-state index in [4.69, 9.17) is 10.5 Å². The summed E-state index contributed by atoms with van der Waals surface area (Å²) in [5, 5.41) is 5.20. The minimum atomic E-state index is -4.57. The van der Waals surface area contributed by atoms with Gasteiger partial charge in [-0.2, -0.15) is 13.2 Å². The summed E-state index contributed by atoms with van der Waals surface area (Å²) in [6, 6.07) is 12.2. The maximum atomic E-state index is 13.4. The van der Waals surface area contributed by atoms with E-state index in [1.54, 1.807) is 12.1 Å². The molecular formula is C26H31F3N4O4. The molecule has 11 heteroatoms. The van der Waals surface area contributed by atoms with Crippen molar-refractivity contribution in [1.82, 2.24) is 10.2 Å². The van der Waals surface area contributed by atoms with Gasteiger partial charge in [-0.15, -0.1) is 0 Å². The maximum Gasteiger partial charge on any atom is 0.416 e. The molecule has 37 heavy (non-hydrogen) atoms. The lowest BCUT2D eigenvalue weighted by molar-refractivity contribution is -0.143. The van der Waals surface area contributed by atoms with Crippen molar-refractivity contribution < 1.29 is 32.3 Å². The zero-order valence-electron chi connectivity index (χ0n) is 20.6. The molecule has 1 heterocycles. The van der Waals surface area contributed by atoms with Crippen molar-refractivity contribution in [2.75, 3.05) is 31.6 Å². The van der Waals surface area contributed by atoms with Gasteiger partial charge in [0.25, 0.3) is 0 Å². The van der Waals surface area contributed by atoms with E-state index in [1.165, 1.54) is 23.1 Å². The van der Waals surface area contributed by atoms with Gasteiger partial charge in [-0.3, -0.25) is 14.9 Å². The monoisotopic (exact) mass is 520 g/mol. The number of nitrogens with one attached hydrogen (secondary N) is 2. The van der Waals surface area contributed by atoms with Crippen molar-refractivity contribution in [1.29, 1.82) is 0 Å². The molecule has 0 unspecified atom stereocenters. The Morgan fingerprint density at radius 2 is 1.70 bits per heavy atom. The molecule has 0 aliphatic carbocycles. The number of piperidine rings is 1. The van der Waals surface area contributed by atoms with Gasteiger partial charge in [0.2, 0.25) is 11.8 Å². The summed E-state index contributed by atoms with van der Waals surface area (Å²) < 4.78 is 45.5. The molecule has 1 aliphatic heterocycles. The average Bonchev–Trinajstić information content (AvgIpc) is 2.90. The first kappa shape index (κ1) is 28.0. The smallest absolute Gasteiger partial charge is 0.416 e. The Kier molecular flexibility index (Phi) is 9.14. The normalized spacial score (nSPS) is 15.1. The van der Waals surface area contributed by atoms with Crippen molar-refractivity contribution in [2.24, 2.45) is 11.1 Å². The highest BCUT2D eigenvalue weighted by molar-refractivity contribution is 5.86. The van der Waals surface area contributed by atoms with Crippen LogP contribution in [-0.4, -0.2) is 49.0 Å². The summed E-state index contributed by atoms with van der Waals surface area (Å²) in [5.41, 5.74) is 4.92. The number of hydrogen-bond acceptors (Lipinski definition) is 5. The van der Waals surface area contributed by atoms with Crippen molar-refractivity contribution in [3.05, 3.63) is 65.2 Å². The minimum Gasteiger partial charge on any atom is -0.448 e. The third-order valence-electron chi connectivity index (χ3n) is 6.58. The number of anilines is 1. The highest BCUT2D eigenvalue weighted by atomic mass is 19.4. The summed E-state index contributed by atoms with van der Waals surface area (Å²) in [5.74, 6) is -0.827. The predicted octanol–water partition coefficient (Wildman–Crippen LogP) is 3.70. The van der Waals surface area contributed by atoms with Gasteiger partial charge in [0.1, 0.15) is 6.61 Å². The number of likely N-dealkylation sites (tertiary alicyclic amines) is 1. The molecule has 1 fully saturated rings. The molecule has 3 rings (SSSR count). The molecule has 8 nitrogen and oxygen atoms in total. The number of amides is 3. The summed E-state index contributed by atoms with van der Waals surface area (Å²) in [4.78, 5) is 39.3. The van der Waals surface area contributed by atoms with Gasteiger partial charge in [-0.05, 0) is 48.6 Å². The molecule has 4 N–H and O–H groups in total. The van der Waals surface area contributed by atoms with Gasteiger partial charge in [-0.1, -0.05) is 37.3 Å². The molecular weight excluding hydrogens is 489 g/mol. The van der Waals surface area contributed by atoms with E-state index in [2.05, 4.69) is 10.6 Å². The first-order valence-corrected chi connectivity index (χ1v) is 12.0. The van der Waals surface area contributed by atoms with E-state index >= 15 is 0 Å². The molecule has 2 aromatic rings. The molecule has 3 amide bonds. The highest BCUT2D eigenvalue weighted by Crippen LogP contribution is 2.34. The van der Waals surface area contributed by atoms with Gasteiger partial charge in [0.05, 0.1) is 17.5 Å². The second kappa shape index (κ2) is 12.1. The molecule has 0 spiro atoms. The number of aryl methyl sites for hydroxylation is 1. The molecule has 0 saturated carbocycles. The SMILES string of the molecule is CCc1ccc(NC(=O)OCC2(C(=O)NCc3ccccc3C(F)(F)F)CCN(C(=O)CN)CC2)cc1. The van der Waals surface area contributed by atoms with Crippen LogP contribution in [0.15, 0.2) is 48.5 Å². The molecule has 1 saturated heterocycles. The molecule has 0 bridgehead atoms. The second-order valence-electron chi connectivity index (χ2n) is 8.95. The Labute approximate surface area is 213 Å². The second-order valence-corrected chi connectivity index (χ2v) is 8.95. The van der Waals surface area contributed by atoms with Gasteiger partial charge in [0.15, 0.2) is 0 Å². The molecule has 200 valence electrons. The van der Waals surface area contributed by atoms with Crippen LogP contribution in [0.25, 0.3) is 0 Å². The van der Waals surface area contributed by atoms with Crippen molar-refractivity contribution >= 4 is 23.6 Å². The fourth-order valence-corrected chi connectivity index (χ4v) is 4.25. The van der Waals surface area contributed by atoms with Gasteiger partial charge >= 0.3 is 12.3 Å². The Balaban J connectivity index is 1.70. The third kappa shape index (κ3) is 7.22. The number of hydrogen-bond donors (Lipinski definition) is 3. The van der Waals surface area contributed by atoms with Crippen LogP contribution in [0, 0.1) is 5.41 Å². The van der Waals surface area contributed by atoms with Crippen LogP contribution < -0.4 is 16.4 Å².